The number of halogens is 1. The molecule has 160 valence electrons. The van der Waals surface area contributed by atoms with Crippen LogP contribution < -0.4 is 10.1 Å². The van der Waals surface area contributed by atoms with Crippen LogP contribution in [0.5, 0.6) is 5.75 Å². The van der Waals surface area contributed by atoms with Gasteiger partial charge in [0.15, 0.2) is 0 Å². The highest BCUT2D eigenvalue weighted by molar-refractivity contribution is 5.68. The molecule has 1 aliphatic carbocycles. The first kappa shape index (κ1) is 20.8. The van der Waals surface area contributed by atoms with E-state index in [9.17, 15) is 14.3 Å². The molecule has 1 heterocycles. The van der Waals surface area contributed by atoms with Crippen molar-refractivity contribution in [3.63, 3.8) is 0 Å². The van der Waals surface area contributed by atoms with Crippen LogP contribution in [0.3, 0.4) is 0 Å². The van der Waals surface area contributed by atoms with Gasteiger partial charge < -0.3 is 15.2 Å². The number of carboxylic acids is 1. The Kier molecular flexibility index (Phi) is 6.46. The lowest BCUT2D eigenvalue weighted by molar-refractivity contribution is -0.137. The number of carboxylic acid groups (broad SMARTS) is 1. The SMILES string of the molecule is O=C(O)CC1Cc2ccc(OCCCNc3ccccn3)cc2Cc2cc(F)ccc21. The second kappa shape index (κ2) is 9.60. The molecule has 0 amide bonds. The third kappa shape index (κ3) is 5.40. The molecule has 4 rings (SSSR count). The lowest BCUT2D eigenvalue weighted by Gasteiger charge is -2.16. The van der Waals surface area contributed by atoms with Crippen LogP contribution in [0.25, 0.3) is 0 Å². The van der Waals surface area contributed by atoms with Crippen molar-refractivity contribution in [2.75, 3.05) is 18.5 Å². The molecule has 3 aromatic rings. The largest absolute Gasteiger partial charge is 0.494 e. The number of pyridine rings is 1. The van der Waals surface area contributed by atoms with Crippen molar-refractivity contribution in [2.24, 2.45) is 0 Å². The maximum Gasteiger partial charge on any atom is 0.303 e. The number of fused-ring (bicyclic) bond motifs is 2. The van der Waals surface area contributed by atoms with Crippen molar-refractivity contribution in [3.05, 3.63) is 88.9 Å². The first-order valence-corrected chi connectivity index (χ1v) is 10.5. The highest BCUT2D eigenvalue weighted by atomic mass is 19.1. The first-order chi connectivity index (χ1) is 15.1. The van der Waals surface area contributed by atoms with Gasteiger partial charge in [-0.3, -0.25) is 4.79 Å². The molecule has 31 heavy (non-hydrogen) atoms. The smallest absolute Gasteiger partial charge is 0.303 e. The maximum absolute atomic E-state index is 13.9. The third-order valence-corrected chi connectivity index (χ3v) is 5.55. The minimum Gasteiger partial charge on any atom is -0.494 e. The summed E-state index contributed by atoms with van der Waals surface area (Å²) in [5.74, 6) is 0.298. The lowest BCUT2D eigenvalue weighted by Crippen LogP contribution is -2.10. The van der Waals surface area contributed by atoms with E-state index < -0.39 is 5.97 Å². The number of carbonyl (C=O) groups is 1. The average Bonchev–Trinajstić information content (AvgIpc) is 2.89. The Bertz CT molecular complexity index is 1060. The maximum atomic E-state index is 13.9. The van der Waals surface area contributed by atoms with E-state index in [1.165, 1.54) is 12.1 Å². The van der Waals surface area contributed by atoms with Gasteiger partial charge in [0.1, 0.15) is 17.4 Å². The number of hydrogen-bond acceptors (Lipinski definition) is 4. The summed E-state index contributed by atoms with van der Waals surface area (Å²) in [6.07, 6.45) is 3.78. The van der Waals surface area contributed by atoms with Crippen LogP contribution in [0.2, 0.25) is 0 Å². The van der Waals surface area contributed by atoms with Crippen LogP contribution in [-0.4, -0.2) is 29.2 Å². The monoisotopic (exact) mass is 420 g/mol. The van der Waals surface area contributed by atoms with E-state index in [0.29, 0.717) is 19.4 Å². The number of benzene rings is 2. The Morgan fingerprint density at radius 1 is 1.13 bits per heavy atom. The molecule has 0 radical (unpaired) electrons. The van der Waals surface area contributed by atoms with Crippen molar-refractivity contribution in [3.8, 4) is 5.75 Å². The van der Waals surface area contributed by atoms with E-state index in [-0.39, 0.29) is 18.2 Å². The molecule has 1 atom stereocenters. The number of aliphatic carboxylic acids is 1. The summed E-state index contributed by atoms with van der Waals surface area (Å²) in [5.41, 5.74) is 3.92. The van der Waals surface area contributed by atoms with Gasteiger partial charge >= 0.3 is 5.97 Å². The van der Waals surface area contributed by atoms with E-state index in [1.807, 2.05) is 36.4 Å². The zero-order valence-electron chi connectivity index (χ0n) is 17.2. The first-order valence-electron chi connectivity index (χ1n) is 10.5. The zero-order valence-corrected chi connectivity index (χ0v) is 17.2. The van der Waals surface area contributed by atoms with Crippen LogP contribution in [0.15, 0.2) is 60.8 Å². The Morgan fingerprint density at radius 3 is 2.84 bits per heavy atom. The molecule has 0 fully saturated rings. The minimum atomic E-state index is -0.844. The fourth-order valence-electron chi connectivity index (χ4n) is 4.10. The number of hydrogen-bond donors (Lipinski definition) is 2. The number of nitrogens with one attached hydrogen (secondary N) is 1. The van der Waals surface area contributed by atoms with Gasteiger partial charge in [0.25, 0.3) is 0 Å². The Balaban J connectivity index is 1.42. The Morgan fingerprint density at radius 2 is 2.03 bits per heavy atom. The van der Waals surface area contributed by atoms with Crippen LogP contribution in [0.1, 0.15) is 41.0 Å². The topological polar surface area (TPSA) is 71.5 Å². The second-order valence-electron chi connectivity index (χ2n) is 7.79. The lowest BCUT2D eigenvalue weighted by atomic mass is 9.89. The average molecular weight is 420 g/mol. The van der Waals surface area contributed by atoms with E-state index in [4.69, 9.17) is 4.74 Å². The van der Waals surface area contributed by atoms with Crippen LogP contribution in [0.4, 0.5) is 10.2 Å². The molecule has 1 unspecified atom stereocenters. The van der Waals surface area contributed by atoms with Crippen LogP contribution >= 0.6 is 0 Å². The molecule has 0 aliphatic heterocycles. The normalized spacial score (nSPS) is 14.8. The summed E-state index contributed by atoms with van der Waals surface area (Å²) in [4.78, 5) is 15.6. The van der Waals surface area contributed by atoms with Gasteiger partial charge in [-0.05, 0) is 83.8 Å². The predicted molar refractivity (Wildman–Crippen MR) is 117 cm³/mol. The number of rotatable bonds is 8. The van der Waals surface area contributed by atoms with E-state index in [2.05, 4.69) is 10.3 Å². The summed E-state index contributed by atoms with van der Waals surface area (Å²) in [5, 5.41) is 12.6. The summed E-state index contributed by atoms with van der Waals surface area (Å²) < 4.78 is 19.8. The molecule has 0 spiro atoms. The molecule has 2 aromatic carbocycles. The van der Waals surface area contributed by atoms with Crippen molar-refractivity contribution in [1.29, 1.82) is 0 Å². The fourth-order valence-corrected chi connectivity index (χ4v) is 4.10. The highest BCUT2D eigenvalue weighted by Crippen LogP contribution is 2.35. The molecule has 1 aromatic heterocycles. The molecular weight excluding hydrogens is 395 g/mol. The van der Waals surface area contributed by atoms with Crippen molar-refractivity contribution in [2.45, 2.75) is 31.6 Å². The van der Waals surface area contributed by atoms with E-state index in [1.54, 1.807) is 12.3 Å². The van der Waals surface area contributed by atoms with Crippen LogP contribution in [0, 0.1) is 5.82 Å². The van der Waals surface area contributed by atoms with Gasteiger partial charge in [0.05, 0.1) is 13.0 Å². The van der Waals surface area contributed by atoms with Crippen molar-refractivity contribution < 1.29 is 19.0 Å². The molecule has 2 N–H and O–H groups in total. The molecule has 0 saturated carbocycles. The number of aromatic nitrogens is 1. The number of anilines is 1. The van der Waals surface area contributed by atoms with Gasteiger partial charge in [0.2, 0.25) is 0 Å². The Labute approximate surface area is 180 Å². The summed E-state index contributed by atoms with van der Waals surface area (Å²) in [6, 6.07) is 16.3. The van der Waals surface area contributed by atoms with Gasteiger partial charge in [-0.25, -0.2) is 9.37 Å². The molecule has 1 aliphatic rings. The zero-order chi connectivity index (χ0) is 21.6. The van der Waals surface area contributed by atoms with E-state index >= 15 is 0 Å². The molecule has 0 bridgehead atoms. The van der Waals surface area contributed by atoms with E-state index in [0.717, 1.165) is 46.8 Å². The summed E-state index contributed by atoms with van der Waals surface area (Å²) >= 11 is 0. The number of nitrogens with zero attached hydrogens (tertiary/aromatic N) is 1. The third-order valence-electron chi connectivity index (χ3n) is 5.55. The highest BCUT2D eigenvalue weighted by Gasteiger charge is 2.24. The van der Waals surface area contributed by atoms with Gasteiger partial charge in [-0.15, -0.1) is 0 Å². The van der Waals surface area contributed by atoms with Crippen molar-refractivity contribution >= 4 is 11.8 Å². The van der Waals surface area contributed by atoms with Crippen molar-refractivity contribution in [1.82, 2.24) is 4.98 Å². The van der Waals surface area contributed by atoms with Gasteiger partial charge in [-0.1, -0.05) is 18.2 Å². The molecule has 5 nitrogen and oxygen atoms in total. The summed E-state index contributed by atoms with van der Waals surface area (Å²) in [7, 11) is 0. The number of ether oxygens (including phenoxy) is 1. The predicted octanol–water partition coefficient (Wildman–Crippen LogP) is 4.81. The summed E-state index contributed by atoms with van der Waals surface area (Å²) in [6.45, 7) is 1.32. The second-order valence-corrected chi connectivity index (χ2v) is 7.79. The fraction of sp³-hybridized carbons (Fsp3) is 0.280. The molecular formula is C25H25FN2O3. The standard InChI is InChI=1S/C25H25FN2O3/c26-21-6-8-23-19(14-21)13-18-15-22(7-5-17(18)12-20(23)16-25(29)30)31-11-3-10-28-24-4-1-2-9-27-24/h1-2,4-9,14-15,20H,3,10-13,16H2,(H,27,28)(H,29,30). The van der Waals surface area contributed by atoms with Gasteiger partial charge in [0, 0.05) is 12.7 Å². The minimum absolute atomic E-state index is 0.0274. The quantitative estimate of drug-likeness (QED) is 0.512. The van der Waals surface area contributed by atoms with Gasteiger partial charge in [-0.2, -0.15) is 0 Å². The molecule has 0 saturated heterocycles. The Hall–Kier alpha value is -3.41. The van der Waals surface area contributed by atoms with Crippen LogP contribution in [-0.2, 0) is 17.6 Å². The molecule has 6 heteroatoms.